The summed E-state index contributed by atoms with van der Waals surface area (Å²) >= 11 is 1.52. The minimum atomic E-state index is -0.451. The second-order valence-electron chi connectivity index (χ2n) is 5.30. The number of benzene rings is 2. The van der Waals surface area contributed by atoms with Crippen LogP contribution in [0.5, 0.6) is 5.75 Å². The molecule has 0 aliphatic carbocycles. The molecule has 2 aromatic carbocycles. The van der Waals surface area contributed by atoms with E-state index in [1.54, 1.807) is 24.3 Å². The number of aromatic nitrogens is 2. The first kappa shape index (κ1) is 17.8. The highest BCUT2D eigenvalue weighted by molar-refractivity contribution is 7.98. The predicted molar refractivity (Wildman–Crippen MR) is 103 cm³/mol. The molecule has 1 aromatic heterocycles. The molecular formula is C19H17N3O3S. The maximum Gasteiger partial charge on any atom is 0.280 e. The van der Waals surface area contributed by atoms with Crippen LogP contribution in [0.25, 0.3) is 5.69 Å². The minimum Gasteiger partial charge on any atom is -0.494 e. The first-order valence-corrected chi connectivity index (χ1v) is 9.04. The third kappa shape index (κ3) is 3.62. The summed E-state index contributed by atoms with van der Waals surface area (Å²) in [5.74, 6) is -0.325. The number of carbonyl (C=O) groups excluding carboxylic acids is 1. The van der Waals surface area contributed by atoms with E-state index in [2.05, 4.69) is 10.4 Å². The molecule has 1 heterocycles. The Morgan fingerprint density at radius 3 is 2.50 bits per heavy atom. The molecule has 0 aliphatic heterocycles. The Labute approximate surface area is 154 Å². The molecule has 0 unspecified atom stereocenters. The van der Waals surface area contributed by atoms with Gasteiger partial charge >= 0.3 is 0 Å². The van der Waals surface area contributed by atoms with E-state index < -0.39 is 5.91 Å². The molecule has 0 radical (unpaired) electrons. The van der Waals surface area contributed by atoms with Gasteiger partial charge in [0.1, 0.15) is 0 Å². The molecule has 6 nitrogen and oxygen atoms in total. The summed E-state index contributed by atoms with van der Waals surface area (Å²) in [6.45, 7) is 0. The van der Waals surface area contributed by atoms with E-state index in [0.29, 0.717) is 11.4 Å². The van der Waals surface area contributed by atoms with Crippen LogP contribution in [0.1, 0.15) is 10.5 Å². The van der Waals surface area contributed by atoms with Gasteiger partial charge in [0.15, 0.2) is 11.4 Å². The smallest absolute Gasteiger partial charge is 0.280 e. The molecule has 1 amide bonds. The van der Waals surface area contributed by atoms with E-state index in [4.69, 9.17) is 4.74 Å². The zero-order valence-electron chi connectivity index (χ0n) is 14.3. The van der Waals surface area contributed by atoms with E-state index in [9.17, 15) is 9.59 Å². The van der Waals surface area contributed by atoms with E-state index in [1.807, 2.05) is 36.6 Å². The molecule has 132 valence electrons. The second kappa shape index (κ2) is 7.88. The van der Waals surface area contributed by atoms with Gasteiger partial charge in [-0.1, -0.05) is 30.3 Å². The van der Waals surface area contributed by atoms with Crippen LogP contribution in [0.15, 0.2) is 70.4 Å². The van der Waals surface area contributed by atoms with E-state index in [1.165, 1.54) is 29.6 Å². The molecule has 0 bridgehead atoms. The number of hydrogen-bond acceptors (Lipinski definition) is 5. The lowest BCUT2D eigenvalue weighted by atomic mass is 10.2. The third-order valence-electron chi connectivity index (χ3n) is 3.69. The molecule has 7 heteroatoms. The average Bonchev–Trinajstić information content (AvgIpc) is 2.68. The number of nitrogens with zero attached hydrogens (tertiary/aromatic N) is 2. The molecule has 1 N–H and O–H groups in total. The summed E-state index contributed by atoms with van der Waals surface area (Å²) in [5.41, 5.74) is 0.894. The fourth-order valence-electron chi connectivity index (χ4n) is 2.44. The SMILES string of the molecule is COc1cc(=O)n(-c2ccccc2)nc1C(=O)Nc1ccccc1SC. The number of anilines is 1. The molecule has 0 spiro atoms. The van der Waals surface area contributed by atoms with Crippen molar-refractivity contribution in [3.63, 3.8) is 0 Å². The van der Waals surface area contributed by atoms with Crippen molar-refractivity contribution in [1.29, 1.82) is 0 Å². The standard InChI is InChI=1S/C19H17N3O3S/c1-25-15-12-17(23)22(13-8-4-3-5-9-13)21-18(15)19(24)20-14-10-6-7-11-16(14)26-2/h3-12H,1-2H3,(H,20,24). The monoisotopic (exact) mass is 367 g/mol. The average molecular weight is 367 g/mol. The normalized spacial score (nSPS) is 10.4. The largest absolute Gasteiger partial charge is 0.494 e. The Hall–Kier alpha value is -3.06. The third-order valence-corrected chi connectivity index (χ3v) is 4.48. The predicted octanol–water partition coefficient (Wildman–Crippen LogP) is 3.22. The highest BCUT2D eigenvalue weighted by Gasteiger charge is 2.19. The molecule has 0 saturated carbocycles. The zero-order chi connectivity index (χ0) is 18.5. The fraction of sp³-hybridized carbons (Fsp3) is 0.105. The highest BCUT2D eigenvalue weighted by Crippen LogP contribution is 2.25. The number of thioether (sulfide) groups is 1. The van der Waals surface area contributed by atoms with Crippen LogP contribution in [-0.2, 0) is 0 Å². The second-order valence-corrected chi connectivity index (χ2v) is 6.15. The molecule has 0 fully saturated rings. The summed E-state index contributed by atoms with van der Waals surface area (Å²) in [6, 6.07) is 17.6. The maximum atomic E-state index is 12.8. The lowest BCUT2D eigenvalue weighted by Gasteiger charge is -2.12. The van der Waals surface area contributed by atoms with Crippen molar-refractivity contribution in [1.82, 2.24) is 9.78 Å². The Balaban J connectivity index is 2.03. The van der Waals surface area contributed by atoms with Crippen LogP contribution < -0.4 is 15.6 Å². The van der Waals surface area contributed by atoms with Crippen LogP contribution in [-0.4, -0.2) is 29.1 Å². The topological polar surface area (TPSA) is 73.2 Å². The Morgan fingerprint density at radius 1 is 1.12 bits per heavy atom. The zero-order valence-corrected chi connectivity index (χ0v) is 15.1. The fourth-order valence-corrected chi connectivity index (χ4v) is 2.99. The number of para-hydroxylation sites is 2. The van der Waals surface area contributed by atoms with Gasteiger partial charge < -0.3 is 10.1 Å². The van der Waals surface area contributed by atoms with Gasteiger partial charge in [-0.2, -0.15) is 9.78 Å². The number of amides is 1. The molecule has 3 aromatic rings. The summed E-state index contributed by atoms with van der Waals surface area (Å²) in [6.07, 6.45) is 1.93. The highest BCUT2D eigenvalue weighted by atomic mass is 32.2. The maximum absolute atomic E-state index is 12.8. The van der Waals surface area contributed by atoms with Crippen LogP contribution in [0.3, 0.4) is 0 Å². The van der Waals surface area contributed by atoms with Gasteiger partial charge in [-0.25, -0.2) is 0 Å². The van der Waals surface area contributed by atoms with Crippen molar-refractivity contribution in [2.45, 2.75) is 4.90 Å². The summed E-state index contributed by atoms with van der Waals surface area (Å²) in [4.78, 5) is 26.0. The first-order valence-electron chi connectivity index (χ1n) is 7.82. The van der Waals surface area contributed by atoms with Crippen molar-refractivity contribution < 1.29 is 9.53 Å². The van der Waals surface area contributed by atoms with Gasteiger partial charge in [0, 0.05) is 4.90 Å². The molecule has 0 aliphatic rings. The van der Waals surface area contributed by atoms with Gasteiger partial charge in [0.2, 0.25) is 0 Å². The Kier molecular flexibility index (Phi) is 5.38. The van der Waals surface area contributed by atoms with E-state index >= 15 is 0 Å². The van der Waals surface area contributed by atoms with E-state index in [0.717, 1.165) is 4.90 Å². The van der Waals surface area contributed by atoms with E-state index in [-0.39, 0.29) is 17.0 Å². The lowest BCUT2D eigenvalue weighted by Crippen LogP contribution is -2.26. The minimum absolute atomic E-state index is 0.0341. The summed E-state index contributed by atoms with van der Waals surface area (Å²) < 4.78 is 6.37. The number of hydrogen-bond donors (Lipinski definition) is 1. The lowest BCUT2D eigenvalue weighted by molar-refractivity contribution is 0.101. The molecule has 0 saturated heterocycles. The van der Waals surface area contributed by atoms with Crippen LogP contribution in [0.2, 0.25) is 0 Å². The Morgan fingerprint density at radius 2 is 1.81 bits per heavy atom. The molecular weight excluding hydrogens is 350 g/mol. The van der Waals surface area contributed by atoms with Crippen molar-refractivity contribution in [3.8, 4) is 11.4 Å². The van der Waals surface area contributed by atoms with Crippen molar-refractivity contribution in [2.75, 3.05) is 18.7 Å². The van der Waals surface area contributed by atoms with Gasteiger partial charge in [0.05, 0.1) is 24.6 Å². The van der Waals surface area contributed by atoms with Gasteiger partial charge in [-0.3, -0.25) is 9.59 Å². The first-order chi connectivity index (χ1) is 12.6. The number of nitrogens with one attached hydrogen (secondary N) is 1. The van der Waals surface area contributed by atoms with Crippen LogP contribution in [0, 0.1) is 0 Å². The molecule has 3 rings (SSSR count). The Bertz CT molecular complexity index is 987. The number of ether oxygens (including phenoxy) is 1. The van der Waals surface area contributed by atoms with Crippen molar-refractivity contribution in [3.05, 3.63) is 76.7 Å². The number of carbonyl (C=O) groups is 1. The quantitative estimate of drug-likeness (QED) is 0.701. The summed E-state index contributed by atoms with van der Waals surface area (Å²) in [5, 5.41) is 7.06. The molecule has 26 heavy (non-hydrogen) atoms. The van der Waals surface area contributed by atoms with Crippen LogP contribution in [0.4, 0.5) is 5.69 Å². The van der Waals surface area contributed by atoms with Gasteiger partial charge in [-0.15, -0.1) is 11.8 Å². The number of methoxy groups -OCH3 is 1. The summed E-state index contributed by atoms with van der Waals surface area (Å²) in [7, 11) is 1.40. The van der Waals surface area contributed by atoms with Crippen molar-refractivity contribution in [2.24, 2.45) is 0 Å². The van der Waals surface area contributed by atoms with Gasteiger partial charge in [-0.05, 0) is 30.5 Å². The van der Waals surface area contributed by atoms with Crippen LogP contribution >= 0.6 is 11.8 Å². The van der Waals surface area contributed by atoms with Gasteiger partial charge in [0.25, 0.3) is 11.5 Å². The van der Waals surface area contributed by atoms with Crippen molar-refractivity contribution >= 4 is 23.4 Å². The number of rotatable bonds is 5. The molecule has 0 atom stereocenters.